The van der Waals surface area contributed by atoms with E-state index in [2.05, 4.69) is 41.4 Å². The number of nitrogens with zero attached hydrogens (tertiary/aromatic N) is 5. The van der Waals surface area contributed by atoms with Gasteiger partial charge in [-0.1, -0.05) is 55.4 Å². The van der Waals surface area contributed by atoms with Gasteiger partial charge < -0.3 is 14.7 Å². The van der Waals surface area contributed by atoms with Crippen molar-refractivity contribution in [1.82, 2.24) is 25.5 Å². The lowest BCUT2D eigenvalue weighted by molar-refractivity contribution is -0.145. The molecule has 0 saturated carbocycles. The molecule has 2 aromatic carbocycles. The summed E-state index contributed by atoms with van der Waals surface area (Å²) in [5.41, 5.74) is 4.95. The minimum atomic E-state index is -0.113. The zero-order valence-corrected chi connectivity index (χ0v) is 23.0. The number of hydrogen-bond donors (Lipinski definition) is 1. The Morgan fingerprint density at radius 3 is 2.42 bits per heavy atom. The normalized spacial score (nSPS) is 13.0. The van der Waals surface area contributed by atoms with Gasteiger partial charge in [-0.2, -0.15) is 4.98 Å². The molecule has 4 rings (SSSR count). The summed E-state index contributed by atoms with van der Waals surface area (Å²) in [5, 5.41) is 10.8. The number of rotatable bonds is 11. The van der Waals surface area contributed by atoms with Crippen LogP contribution in [0.15, 0.2) is 47.0 Å². The molecule has 1 aliphatic heterocycles. The molecule has 0 fully saturated rings. The molecule has 2 heterocycles. The van der Waals surface area contributed by atoms with Crippen molar-refractivity contribution in [2.75, 3.05) is 31.6 Å². The van der Waals surface area contributed by atoms with Crippen LogP contribution in [-0.4, -0.2) is 58.7 Å². The molecule has 0 unspecified atom stereocenters. The molecule has 0 bridgehead atoms. The Kier molecular flexibility index (Phi) is 8.78. The van der Waals surface area contributed by atoms with Crippen LogP contribution in [0.3, 0.4) is 0 Å². The zero-order valence-electron chi connectivity index (χ0n) is 23.0. The largest absolute Gasteiger partial charge is 0.355 e. The van der Waals surface area contributed by atoms with Crippen molar-refractivity contribution in [2.45, 2.75) is 53.6 Å². The van der Waals surface area contributed by atoms with E-state index in [9.17, 15) is 9.59 Å². The van der Waals surface area contributed by atoms with E-state index in [1.165, 1.54) is 11.1 Å². The van der Waals surface area contributed by atoms with Gasteiger partial charge in [-0.3, -0.25) is 14.6 Å². The van der Waals surface area contributed by atoms with Gasteiger partial charge in [0.05, 0.1) is 13.1 Å². The van der Waals surface area contributed by atoms with Crippen LogP contribution < -0.4 is 10.2 Å². The molecule has 0 atom stereocenters. The highest BCUT2D eigenvalue weighted by Crippen LogP contribution is 2.28. The number of hydrazine groups is 1. The van der Waals surface area contributed by atoms with Crippen molar-refractivity contribution in [3.63, 3.8) is 0 Å². The molecule has 1 aliphatic rings. The summed E-state index contributed by atoms with van der Waals surface area (Å²) >= 11 is 0. The van der Waals surface area contributed by atoms with Crippen LogP contribution in [0.2, 0.25) is 0 Å². The SMILES string of the molecule is Cc1nc(-c2ccc(C)c(N(CC(=O)NCCCC(C)C)CC(=O)N(C)N3Cc4ccccc4C3)c2)no1. The van der Waals surface area contributed by atoms with Gasteiger partial charge in [0.1, 0.15) is 0 Å². The number of amides is 2. The Balaban J connectivity index is 1.52. The average molecular weight is 519 g/mol. The maximum atomic E-state index is 13.5. The highest BCUT2D eigenvalue weighted by molar-refractivity contribution is 5.87. The first kappa shape index (κ1) is 27.3. The molecule has 0 radical (unpaired) electrons. The summed E-state index contributed by atoms with van der Waals surface area (Å²) in [6.07, 6.45) is 1.98. The summed E-state index contributed by atoms with van der Waals surface area (Å²) < 4.78 is 5.16. The second kappa shape index (κ2) is 12.2. The molecule has 202 valence electrons. The molecule has 0 spiro atoms. The number of anilines is 1. The van der Waals surface area contributed by atoms with E-state index in [4.69, 9.17) is 4.52 Å². The van der Waals surface area contributed by atoms with E-state index in [0.717, 1.165) is 29.7 Å². The smallest absolute Gasteiger partial charge is 0.256 e. The third-order valence-electron chi connectivity index (χ3n) is 6.89. The van der Waals surface area contributed by atoms with Crippen LogP contribution in [0.25, 0.3) is 11.4 Å². The highest BCUT2D eigenvalue weighted by atomic mass is 16.5. The molecular weight excluding hydrogens is 480 g/mol. The van der Waals surface area contributed by atoms with Crippen molar-refractivity contribution < 1.29 is 14.1 Å². The number of carbonyl (C=O) groups excluding carboxylic acids is 2. The number of aryl methyl sites for hydroxylation is 2. The minimum absolute atomic E-state index is 0.0539. The maximum absolute atomic E-state index is 13.5. The second-order valence-corrected chi connectivity index (χ2v) is 10.4. The lowest BCUT2D eigenvalue weighted by atomic mass is 10.1. The van der Waals surface area contributed by atoms with E-state index in [1.807, 2.05) is 47.2 Å². The van der Waals surface area contributed by atoms with Crippen LogP contribution in [0, 0.1) is 19.8 Å². The molecule has 0 aliphatic carbocycles. The topological polar surface area (TPSA) is 94.8 Å². The Morgan fingerprint density at radius 2 is 1.79 bits per heavy atom. The number of benzene rings is 2. The first-order valence-corrected chi connectivity index (χ1v) is 13.2. The first-order chi connectivity index (χ1) is 18.2. The zero-order chi connectivity index (χ0) is 27.2. The van der Waals surface area contributed by atoms with Crippen molar-refractivity contribution in [3.05, 3.63) is 65.0 Å². The minimum Gasteiger partial charge on any atom is -0.355 e. The second-order valence-electron chi connectivity index (χ2n) is 10.4. The lowest BCUT2D eigenvalue weighted by Gasteiger charge is -2.32. The molecule has 9 heteroatoms. The van der Waals surface area contributed by atoms with E-state index < -0.39 is 0 Å². The molecular formula is C29H38N6O3. The predicted octanol–water partition coefficient (Wildman–Crippen LogP) is 4.10. The lowest BCUT2D eigenvalue weighted by Crippen LogP contribution is -2.48. The van der Waals surface area contributed by atoms with E-state index in [-0.39, 0.29) is 24.9 Å². The first-order valence-electron chi connectivity index (χ1n) is 13.2. The number of aromatic nitrogens is 2. The van der Waals surface area contributed by atoms with Crippen molar-refractivity contribution >= 4 is 17.5 Å². The van der Waals surface area contributed by atoms with Crippen molar-refractivity contribution in [2.24, 2.45) is 5.92 Å². The summed E-state index contributed by atoms with van der Waals surface area (Å²) in [6.45, 7) is 10.2. The molecule has 2 amide bonds. The van der Waals surface area contributed by atoms with Gasteiger partial charge in [-0.15, -0.1) is 0 Å². The quantitative estimate of drug-likeness (QED) is 0.382. The average Bonchev–Trinajstić information content (AvgIpc) is 3.52. The Labute approximate surface area is 224 Å². The number of nitrogens with one attached hydrogen (secondary N) is 1. The third-order valence-corrected chi connectivity index (χ3v) is 6.89. The molecule has 0 saturated heterocycles. The summed E-state index contributed by atoms with van der Waals surface area (Å²) in [4.78, 5) is 32.7. The van der Waals surface area contributed by atoms with Crippen LogP contribution in [-0.2, 0) is 22.7 Å². The fourth-order valence-corrected chi connectivity index (χ4v) is 4.65. The van der Waals surface area contributed by atoms with Crippen LogP contribution in [0.1, 0.15) is 49.3 Å². The van der Waals surface area contributed by atoms with E-state index in [0.29, 0.717) is 37.3 Å². The van der Waals surface area contributed by atoms with Gasteiger partial charge in [0, 0.05) is 44.9 Å². The molecule has 38 heavy (non-hydrogen) atoms. The predicted molar refractivity (Wildman–Crippen MR) is 147 cm³/mol. The van der Waals surface area contributed by atoms with Gasteiger partial charge in [0.25, 0.3) is 5.91 Å². The van der Waals surface area contributed by atoms with Gasteiger partial charge in [-0.25, -0.2) is 5.01 Å². The number of fused-ring (bicyclic) bond motifs is 1. The molecule has 1 aromatic heterocycles. The van der Waals surface area contributed by atoms with Crippen molar-refractivity contribution in [1.29, 1.82) is 0 Å². The van der Waals surface area contributed by atoms with Gasteiger partial charge in [0.15, 0.2) is 0 Å². The van der Waals surface area contributed by atoms with E-state index in [1.54, 1.807) is 19.0 Å². The fourth-order valence-electron chi connectivity index (χ4n) is 4.65. The Morgan fingerprint density at radius 1 is 1.08 bits per heavy atom. The molecule has 9 nitrogen and oxygen atoms in total. The third kappa shape index (κ3) is 6.77. The highest BCUT2D eigenvalue weighted by Gasteiger charge is 2.27. The molecule has 1 N–H and O–H groups in total. The standard InChI is InChI=1S/C29H38N6O3/c1-20(2)9-8-14-30-27(36)18-34(26-15-23(13-12-21(26)3)29-31-22(4)38-32-29)19-28(37)33(5)35-16-24-10-6-7-11-25(24)17-35/h6-7,10-13,15,20H,8-9,14,16-19H2,1-5H3,(H,30,36). The van der Waals surface area contributed by atoms with E-state index >= 15 is 0 Å². The number of likely N-dealkylation sites (N-methyl/N-ethyl adjacent to an activating group) is 1. The summed E-state index contributed by atoms with van der Waals surface area (Å²) in [5.74, 6) is 1.33. The van der Waals surface area contributed by atoms with Crippen LogP contribution in [0.4, 0.5) is 5.69 Å². The number of carbonyl (C=O) groups is 2. The maximum Gasteiger partial charge on any atom is 0.256 e. The summed E-state index contributed by atoms with van der Waals surface area (Å²) in [7, 11) is 1.80. The summed E-state index contributed by atoms with van der Waals surface area (Å²) in [6, 6.07) is 14.0. The van der Waals surface area contributed by atoms with Gasteiger partial charge in [0.2, 0.25) is 17.6 Å². The number of hydrogen-bond acceptors (Lipinski definition) is 7. The van der Waals surface area contributed by atoms with Crippen molar-refractivity contribution in [3.8, 4) is 11.4 Å². The van der Waals surface area contributed by atoms with Gasteiger partial charge >= 0.3 is 0 Å². The molecule has 3 aromatic rings. The Hall–Kier alpha value is -3.72. The fraction of sp³-hybridized carbons (Fsp3) is 0.448. The van der Waals surface area contributed by atoms with Gasteiger partial charge in [-0.05, 0) is 48.4 Å². The van der Waals surface area contributed by atoms with Crippen LogP contribution in [0.5, 0.6) is 0 Å². The Bertz CT molecular complexity index is 1250. The van der Waals surface area contributed by atoms with Crippen LogP contribution >= 0.6 is 0 Å². The monoisotopic (exact) mass is 518 g/mol.